The molecule has 0 bridgehead atoms. The van der Waals surface area contributed by atoms with Crippen LogP contribution in [0.25, 0.3) is 0 Å². The molecule has 0 aliphatic heterocycles. The van der Waals surface area contributed by atoms with Gasteiger partial charge in [-0.1, -0.05) is 56.5 Å². The van der Waals surface area contributed by atoms with Crippen LogP contribution in [0.5, 0.6) is 0 Å². The van der Waals surface area contributed by atoms with Crippen LogP contribution in [0.1, 0.15) is 44.6 Å². The van der Waals surface area contributed by atoms with E-state index in [2.05, 4.69) is 12.1 Å². The predicted molar refractivity (Wildman–Crippen MR) is 83.6 cm³/mol. The number of oxime groups is 1. The molecule has 0 aromatic heterocycles. The highest BCUT2D eigenvalue weighted by molar-refractivity contribution is 5.89. The number of benzene rings is 1. The second kappa shape index (κ2) is 10.9. The van der Waals surface area contributed by atoms with E-state index in [1.54, 1.807) is 0 Å². The third-order valence-electron chi connectivity index (χ3n) is 3.38. The molecule has 0 heterocycles. The Morgan fingerprint density at radius 3 is 2.71 bits per heavy atom. The van der Waals surface area contributed by atoms with Crippen molar-refractivity contribution in [3.05, 3.63) is 35.9 Å². The Balaban J connectivity index is 2.35. The fourth-order valence-corrected chi connectivity index (χ4v) is 2.11. The maximum atomic E-state index is 12.0. The molecule has 0 saturated heterocycles. The molecule has 0 spiro atoms. The van der Waals surface area contributed by atoms with Gasteiger partial charge >= 0.3 is 5.97 Å². The first-order valence-electron chi connectivity index (χ1n) is 7.66. The first-order chi connectivity index (χ1) is 10.3. The standard InChI is InChI=1S/C17H25NO3/c1-2-3-4-8-13-21-17(19)16(14-18-20)12-11-15-9-6-5-7-10-15/h5-7,9-10,14,16,20H,2-4,8,11-13H2,1H3/b18-14-. The Morgan fingerprint density at radius 1 is 1.29 bits per heavy atom. The molecular weight excluding hydrogens is 266 g/mol. The van der Waals surface area contributed by atoms with Gasteiger partial charge in [-0.15, -0.1) is 5.16 Å². The van der Waals surface area contributed by atoms with Crippen LogP contribution in [0.4, 0.5) is 0 Å². The molecule has 1 unspecified atom stereocenters. The lowest BCUT2D eigenvalue weighted by Gasteiger charge is -2.11. The van der Waals surface area contributed by atoms with Crippen LogP contribution in [0, 0.1) is 5.92 Å². The van der Waals surface area contributed by atoms with E-state index in [4.69, 9.17) is 9.94 Å². The Kier molecular flexibility index (Phi) is 8.93. The van der Waals surface area contributed by atoms with Crippen molar-refractivity contribution in [3.8, 4) is 0 Å². The molecule has 1 aromatic rings. The molecule has 1 atom stereocenters. The monoisotopic (exact) mass is 291 g/mol. The second-order valence-corrected chi connectivity index (χ2v) is 5.12. The van der Waals surface area contributed by atoms with Crippen molar-refractivity contribution < 1.29 is 14.7 Å². The van der Waals surface area contributed by atoms with Crippen molar-refractivity contribution in [2.45, 2.75) is 45.4 Å². The van der Waals surface area contributed by atoms with Gasteiger partial charge in [0.1, 0.15) is 0 Å². The van der Waals surface area contributed by atoms with Crippen LogP contribution in [0.2, 0.25) is 0 Å². The van der Waals surface area contributed by atoms with Crippen molar-refractivity contribution >= 4 is 12.2 Å². The zero-order valence-electron chi connectivity index (χ0n) is 12.7. The maximum absolute atomic E-state index is 12.0. The summed E-state index contributed by atoms with van der Waals surface area (Å²) in [6, 6.07) is 9.93. The van der Waals surface area contributed by atoms with Crippen molar-refractivity contribution in [1.82, 2.24) is 0 Å². The number of hydrogen-bond acceptors (Lipinski definition) is 4. The number of esters is 1. The van der Waals surface area contributed by atoms with Gasteiger partial charge in [0.05, 0.1) is 18.7 Å². The van der Waals surface area contributed by atoms with E-state index >= 15 is 0 Å². The van der Waals surface area contributed by atoms with Gasteiger partial charge in [-0.25, -0.2) is 0 Å². The van der Waals surface area contributed by atoms with Crippen LogP contribution in [0.3, 0.4) is 0 Å². The van der Waals surface area contributed by atoms with Crippen LogP contribution >= 0.6 is 0 Å². The van der Waals surface area contributed by atoms with Crippen molar-refractivity contribution in [1.29, 1.82) is 0 Å². The van der Waals surface area contributed by atoms with Crippen molar-refractivity contribution in [2.24, 2.45) is 11.1 Å². The van der Waals surface area contributed by atoms with Gasteiger partial charge in [-0.05, 0) is 24.8 Å². The predicted octanol–water partition coefficient (Wildman–Crippen LogP) is 3.82. The average molecular weight is 291 g/mol. The summed E-state index contributed by atoms with van der Waals surface area (Å²) in [7, 11) is 0. The Hall–Kier alpha value is -1.84. The highest BCUT2D eigenvalue weighted by atomic mass is 16.5. The first kappa shape index (κ1) is 17.2. The molecule has 1 aromatic carbocycles. The number of nitrogens with zero attached hydrogens (tertiary/aromatic N) is 1. The smallest absolute Gasteiger partial charge is 0.314 e. The lowest BCUT2D eigenvalue weighted by Crippen LogP contribution is -2.20. The Morgan fingerprint density at radius 2 is 2.05 bits per heavy atom. The topological polar surface area (TPSA) is 58.9 Å². The van der Waals surface area contributed by atoms with Gasteiger partial charge in [0.2, 0.25) is 0 Å². The third-order valence-corrected chi connectivity index (χ3v) is 3.38. The molecule has 0 saturated carbocycles. The fraction of sp³-hybridized carbons (Fsp3) is 0.529. The van der Waals surface area contributed by atoms with Gasteiger partial charge in [0, 0.05) is 0 Å². The minimum atomic E-state index is -0.485. The van der Waals surface area contributed by atoms with Crippen molar-refractivity contribution in [3.63, 3.8) is 0 Å². The highest BCUT2D eigenvalue weighted by Crippen LogP contribution is 2.11. The summed E-state index contributed by atoms with van der Waals surface area (Å²) in [5, 5.41) is 11.7. The summed E-state index contributed by atoms with van der Waals surface area (Å²) in [5.41, 5.74) is 1.16. The third kappa shape index (κ3) is 7.49. The SMILES string of the molecule is CCCCCCOC(=O)C(/C=N\O)CCc1ccccc1. The zero-order valence-corrected chi connectivity index (χ0v) is 12.7. The van der Waals surface area contributed by atoms with Crippen LogP contribution < -0.4 is 0 Å². The van der Waals surface area contributed by atoms with E-state index in [9.17, 15) is 4.79 Å². The molecule has 21 heavy (non-hydrogen) atoms. The first-order valence-corrected chi connectivity index (χ1v) is 7.66. The Labute approximate surface area is 126 Å². The lowest BCUT2D eigenvalue weighted by molar-refractivity contribution is -0.146. The van der Waals surface area contributed by atoms with E-state index in [1.807, 2.05) is 30.3 Å². The quantitative estimate of drug-likeness (QED) is 0.234. The van der Waals surface area contributed by atoms with E-state index in [0.717, 1.165) is 37.7 Å². The summed E-state index contributed by atoms with van der Waals surface area (Å²) >= 11 is 0. The number of carbonyl (C=O) groups excluding carboxylic acids is 1. The summed E-state index contributed by atoms with van der Waals surface area (Å²) in [6.45, 7) is 2.59. The summed E-state index contributed by atoms with van der Waals surface area (Å²) in [5.74, 6) is -0.790. The maximum Gasteiger partial charge on any atom is 0.314 e. The number of hydrogen-bond donors (Lipinski definition) is 1. The van der Waals surface area contributed by atoms with E-state index in [1.165, 1.54) is 6.21 Å². The highest BCUT2D eigenvalue weighted by Gasteiger charge is 2.18. The molecule has 116 valence electrons. The lowest BCUT2D eigenvalue weighted by atomic mass is 10.0. The van der Waals surface area contributed by atoms with Gasteiger partial charge in [0.15, 0.2) is 0 Å². The molecule has 0 aliphatic rings. The molecule has 1 rings (SSSR count). The zero-order chi connectivity index (χ0) is 15.3. The van der Waals surface area contributed by atoms with E-state index in [-0.39, 0.29) is 5.97 Å². The van der Waals surface area contributed by atoms with Crippen LogP contribution in [0.15, 0.2) is 35.5 Å². The van der Waals surface area contributed by atoms with Gasteiger partial charge in [0.25, 0.3) is 0 Å². The molecular formula is C17H25NO3. The van der Waals surface area contributed by atoms with E-state index in [0.29, 0.717) is 13.0 Å². The molecule has 0 aliphatic carbocycles. The Bertz CT molecular complexity index is 417. The normalized spacial score (nSPS) is 12.4. The van der Waals surface area contributed by atoms with Crippen LogP contribution in [-0.4, -0.2) is 24.0 Å². The number of carbonyl (C=O) groups is 1. The number of ether oxygens (including phenoxy) is 1. The molecule has 1 N–H and O–H groups in total. The van der Waals surface area contributed by atoms with Gasteiger partial charge in [-0.2, -0.15) is 0 Å². The largest absolute Gasteiger partial charge is 0.465 e. The van der Waals surface area contributed by atoms with Crippen molar-refractivity contribution in [2.75, 3.05) is 6.61 Å². The molecule has 0 fully saturated rings. The molecule has 0 amide bonds. The number of unbranched alkanes of at least 4 members (excludes halogenated alkanes) is 3. The summed E-state index contributed by atoms with van der Waals surface area (Å²) < 4.78 is 5.25. The summed E-state index contributed by atoms with van der Waals surface area (Å²) in [6.07, 6.45) is 6.88. The van der Waals surface area contributed by atoms with Crippen LogP contribution in [-0.2, 0) is 16.0 Å². The average Bonchev–Trinajstić information content (AvgIpc) is 2.52. The fourth-order valence-electron chi connectivity index (χ4n) is 2.11. The molecule has 4 heteroatoms. The molecule has 4 nitrogen and oxygen atoms in total. The second-order valence-electron chi connectivity index (χ2n) is 5.12. The minimum Gasteiger partial charge on any atom is -0.465 e. The van der Waals surface area contributed by atoms with E-state index < -0.39 is 5.92 Å². The molecule has 0 radical (unpaired) electrons. The summed E-state index contributed by atoms with van der Waals surface area (Å²) in [4.78, 5) is 12.0. The van der Waals surface area contributed by atoms with Gasteiger partial charge < -0.3 is 9.94 Å². The minimum absolute atomic E-state index is 0.305. The number of aryl methyl sites for hydroxylation is 1. The van der Waals surface area contributed by atoms with Gasteiger partial charge in [-0.3, -0.25) is 4.79 Å². The number of rotatable bonds is 10.